The molecule has 0 fully saturated rings. The third kappa shape index (κ3) is 4.48. The minimum atomic E-state index is -5.86. The number of alkyl halides is 3. The van der Waals surface area contributed by atoms with Crippen LogP contribution in [0.5, 0.6) is 5.75 Å². The highest BCUT2D eigenvalue weighted by Gasteiger charge is 2.48. The highest BCUT2D eigenvalue weighted by Crippen LogP contribution is 2.45. The van der Waals surface area contributed by atoms with Gasteiger partial charge in [-0.05, 0) is 61.5 Å². The van der Waals surface area contributed by atoms with Gasteiger partial charge in [-0.3, -0.25) is 0 Å². The minimum absolute atomic E-state index is 0.228. The van der Waals surface area contributed by atoms with Crippen LogP contribution in [0.15, 0.2) is 127 Å². The number of halogens is 3. The molecule has 6 aromatic carbocycles. The first-order valence-corrected chi connectivity index (χ1v) is 13.8. The van der Waals surface area contributed by atoms with Crippen molar-refractivity contribution in [2.45, 2.75) is 5.51 Å². The van der Waals surface area contributed by atoms with E-state index in [4.69, 9.17) is 0 Å². The van der Waals surface area contributed by atoms with Gasteiger partial charge in [0.1, 0.15) is 0 Å². The second-order valence-electron chi connectivity index (χ2n) is 9.27. The maximum absolute atomic E-state index is 13.2. The summed E-state index contributed by atoms with van der Waals surface area (Å²) in [7, 11) is -5.86. The third-order valence-corrected chi connectivity index (χ3v) is 7.80. The normalized spacial score (nSPS) is 12.1. The van der Waals surface area contributed by atoms with Crippen molar-refractivity contribution in [3.63, 3.8) is 0 Å². The molecule has 0 unspecified atom stereocenters. The quantitative estimate of drug-likeness (QED) is 0.121. The summed E-state index contributed by atoms with van der Waals surface area (Å²) in [4.78, 5) is 0. The SMILES string of the molecule is O=S(=O)(Oc1ccc(-c2c3ccccc3c(-c3ccccc3)c3ccccc23)cc1-c1ccccc1)C(F)(F)F. The highest BCUT2D eigenvalue weighted by molar-refractivity contribution is 7.88. The molecule has 3 nitrogen and oxygen atoms in total. The van der Waals surface area contributed by atoms with E-state index >= 15 is 0 Å². The van der Waals surface area contributed by atoms with Gasteiger partial charge >= 0.3 is 15.6 Å². The molecule has 0 aliphatic carbocycles. The molecule has 0 bridgehead atoms. The van der Waals surface area contributed by atoms with Crippen LogP contribution in [0.2, 0.25) is 0 Å². The maximum atomic E-state index is 13.2. The van der Waals surface area contributed by atoms with Gasteiger partial charge in [0.05, 0.1) is 0 Å². The van der Waals surface area contributed by atoms with Crippen molar-refractivity contribution in [3.05, 3.63) is 127 Å². The lowest BCUT2D eigenvalue weighted by Gasteiger charge is -2.19. The molecule has 40 heavy (non-hydrogen) atoms. The van der Waals surface area contributed by atoms with E-state index in [0.717, 1.165) is 38.2 Å². The molecule has 0 saturated carbocycles. The Bertz CT molecular complexity index is 1910. The average molecular weight is 555 g/mol. The smallest absolute Gasteiger partial charge is 0.375 e. The van der Waals surface area contributed by atoms with Crippen molar-refractivity contribution in [3.8, 4) is 39.1 Å². The first-order valence-electron chi connectivity index (χ1n) is 12.4. The molecule has 198 valence electrons. The minimum Gasteiger partial charge on any atom is -0.375 e. The van der Waals surface area contributed by atoms with Crippen LogP contribution >= 0.6 is 0 Å². The Balaban J connectivity index is 1.66. The largest absolute Gasteiger partial charge is 0.534 e. The van der Waals surface area contributed by atoms with E-state index in [1.165, 1.54) is 6.07 Å². The third-order valence-electron chi connectivity index (χ3n) is 6.83. The van der Waals surface area contributed by atoms with Gasteiger partial charge in [-0.1, -0.05) is 115 Å². The van der Waals surface area contributed by atoms with Gasteiger partial charge in [0, 0.05) is 5.56 Å². The predicted octanol–water partition coefficient (Wildman–Crippen LogP) is 9.22. The number of rotatable bonds is 5. The molecule has 0 spiro atoms. The maximum Gasteiger partial charge on any atom is 0.534 e. The van der Waals surface area contributed by atoms with Crippen molar-refractivity contribution >= 4 is 31.7 Å². The van der Waals surface area contributed by atoms with Crippen LogP contribution in [0.1, 0.15) is 0 Å². The van der Waals surface area contributed by atoms with Crippen LogP contribution in [-0.2, 0) is 10.1 Å². The highest BCUT2D eigenvalue weighted by atomic mass is 32.2. The number of fused-ring (bicyclic) bond motifs is 2. The van der Waals surface area contributed by atoms with E-state index < -0.39 is 21.4 Å². The summed E-state index contributed by atoms with van der Waals surface area (Å²) in [5.41, 5.74) is -1.07. The van der Waals surface area contributed by atoms with Gasteiger partial charge < -0.3 is 4.18 Å². The molecule has 6 aromatic rings. The molecule has 0 N–H and O–H groups in total. The van der Waals surface area contributed by atoms with E-state index in [1.54, 1.807) is 42.5 Å². The molecule has 6 rings (SSSR count). The van der Waals surface area contributed by atoms with Crippen LogP contribution in [0.3, 0.4) is 0 Å². The zero-order chi connectivity index (χ0) is 27.9. The second-order valence-corrected chi connectivity index (χ2v) is 10.8. The molecule has 7 heteroatoms. The van der Waals surface area contributed by atoms with E-state index in [9.17, 15) is 21.6 Å². The summed E-state index contributed by atoms with van der Waals surface area (Å²) in [5.74, 6) is -0.401. The Morgan fingerprint density at radius 1 is 0.500 bits per heavy atom. The van der Waals surface area contributed by atoms with Gasteiger partial charge in [0.15, 0.2) is 5.75 Å². The van der Waals surface area contributed by atoms with Gasteiger partial charge in [-0.2, -0.15) is 21.6 Å². The first kappa shape index (κ1) is 25.6. The lowest BCUT2D eigenvalue weighted by atomic mass is 9.85. The van der Waals surface area contributed by atoms with E-state index in [0.29, 0.717) is 11.1 Å². The fourth-order valence-electron chi connectivity index (χ4n) is 5.12. The van der Waals surface area contributed by atoms with E-state index in [-0.39, 0.29) is 5.56 Å². The summed E-state index contributed by atoms with van der Waals surface area (Å²) < 4.78 is 68.1. The van der Waals surface area contributed by atoms with E-state index in [1.807, 2.05) is 54.6 Å². The van der Waals surface area contributed by atoms with Crippen LogP contribution in [0.4, 0.5) is 13.2 Å². The zero-order valence-corrected chi connectivity index (χ0v) is 21.7. The van der Waals surface area contributed by atoms with Crippen LogP contribution < -0.4 is 4.18 Å². The molecule has 0 aliphatic rings. The number of hydrogen-bond donors (Lipinski definition) is 0. The molecule has 0 aromatic heterocycles. The van der Waals surface area contributed by atoms with Crippen LogP contribution in [0.25, 0.3) is 54.9 Å². The first-order chi connectivity index (χ1) is 19.2. The zero-order valence-electron chi connectivity index (χ0n) is 20.9. The molecular formula is C33H21F3O3S. The second kappa shape index (κ2) is 9.84. The monoisotopic (exact) mass is 554 g/mol. The predicted molar refractivity (Wildman–Crippen MR) is 153 cm³/mol. The van der Waals surface area contributed by atoms with Crippen molar-refractivity contribution < 1.29 is 25.8 Å². The van der Waals surface area contributed by atoms with Crippen molar-refractivity contribution in [2.24, 2.45) is 0 Å². The summed E-state index contributed by atoms with van der Waals surface area (Å²) >= 11 is 0. The van der Waals surface area contributed by atoms with Crippen molar-refractivity contribution in [2.75, 3.05) is 0 Å². The van der Waals surface area contributed by atoms with E-state index in [2.05, 4.69) is 28.4 Å². The molecule has 0 saturated heterocycles. The summed E-state index contributed by atoms with van der Waals surface area (Å²) in [5, 5.41) is 3.94. The van der Waals surface area contributed by atoms with Crippen molar-refractivity contribution in [1.82, 2.24) is 0 Å². The fourth-order valence-corrected chi connectivity index (χ4v) is 5.60. The lowest BCUT2D eigenvalue weighted by molar-refractivity contribution is -0.0499. The topological polar surface area (TPSA) is 43.4 Å². The Hall–Kier alpha value is -4.62. The molecule has 0 atom stereocenters. The average Bonchev–Trinajstić information content (AvgIpc) is 2.96. The summed E-state index contributed by atoms with van der Waals surface area (Å²) in [6.45, 7) is 0. The van der Waals surface area contributed by atoms with Gasteiger partial charge in [-0.15, -0.1) is 0 Å². The van der Waals surface area contributed by atoms with Crippen molar-refractivity contribution in [1.29, 1.82) is 0 Å². The van der Waals surface area contributed by atoms with Gasteiger partial charge in [0.2, 0.25) is 0 Å². The Morgan fingerprint density at radius 3 is 1.40 bits per heavy atom. The summed E-state index contributed by atoms with van der Waals surface area (Å²) in [6, 6.07) is 39.3. The fraction of sp³-hybridized carbons (Fsp3) is 0.0303. The molecule has 0 heterocycles. The Kier molecular flexibility index (Phi) is 6.31. The Morgan fingerprint density at radius 2 is 0.925 bits per heavy atom. The van der Waals surface area contributed by atoms with Crippen LogP contribution in [0, 0.1) is 0 Å². The molecule has 0 radical (unpaired) electrons. The number of hydrogen-bond acceptors (Lipinski definition) is 3. The molecule has 0 aliphatic heterocycles. The molecule has 0 amide bonds. The van der Waals surface area contributed by atoms with Crippen LogP contribution in [-0.4, -0.2) is 13.9 Å². The lowest BCUT2D eigenvalue weighted by Crippen LogP contribution is -2.28. The summed E-state index contributed by atoms with van der Waals surface area (Å²) in [6.07, 6.45) is 0. The standard InChI is InChI=1S/C33H21F3O3S/c34-33(35,36)40(37,38)39-30-20-19-24(21-29(30)22-11-3-1-4-12-22)32-27-17-9-7-15-25(27)31(23-13-5-2-6-14-23)26-16-8-10-18-28(26)32/h1-21H. The number of benzene rings is 6. The van der Waals surface area contributed by atoms with Gasteiger partial charge in [-0.25, -0.2) is 0 Å². The van der Waals surface area contributed by atoms with Gasteiger partial charge in [0.25, 0.3) is 0 Å². The molecular weight excluding hydrogens is 533 g/mol. The Labute approximate surface area is 229 Å².